The summed E-state index contributed by atoms with van der Waals surface area (Å²) in [6.45, 7) is 5.92. The molecule has 0 saturated carbocycles. The summed E-state index contributed by atoms with van der Waals surface area (Å²) >= 11 is 0. The second-order valence-electron chi connectivity index (χ2n) is 8.01. The summed E-state index contributed by atoms with van der Waals surface area (Å²) in [5.74, 6) is 1.09. The lowest BCUT2D eigenvalue weighted by Crippen LogP contribution is -2.27. The van der Waals surface area contributed by atoms with Gasteiger partial charge in [-0.25, -0.2) is 0 Å². The van der Waals surface area contributed by atoms with Crippen molar-refractivity contribution in [1.29, 1.82) is 0 Å². The Labute approximate surface area is 190 Å². The molecule has 1 aliphatic heterocycles. The first-order valence-corrected chi connectivity index (χ1v) is 10.8. The van der Waals surface area contributed by atoms with Crippen LogP contribution in [0.2, 0.25) is 0 Å². The summed E-state index contributed by atoms with van der Waals surface area (Å²) in [6.07, 6.45) is 2.25. The fraction of sp³-hybridized carbons (Fsp3) is 0.240. The zero-order valence-corrected chi connectivity index (χ0v) is 18.7. The van der Waals surface area contributed by atoms with Gasteiger partial charge in [-0.15, -0.1) is 0 Å². The lowest BCUT2D eigenvalue weighted by atomic mass is 10.1. The number of carbonyl (C=O) groups is 1. The number of para-hydroxylation sites is 1. The topological polar surface area (TPSA) is 87.4 Å². The molecule has 4 aromatic rings. The first-order chi connectivity index (χ1) is 16.0. The number of benzene rings is 2. The van der Waals surface area contributed by atoms with E-state index in [0.29, 0.717) is 34.7 Å². The van der Waals surface area contributed by atoms with Crippen molar-refractivity contribution in [2.75, 3.05) is 12.1 Å². The van der Waals surface area contributed by atoms with Gasteiger partial charge in [0.2, 0.25) is 12.7 Å². The Morgan fingerprint density at radius 3 is 2.61 bits per heavy atom. The first kappa shape index (κ1) is 20.8. The van der Waals surface area contributed by atoms with Gasteiger partial charge in [-0.3, -0.25) is 9.59 Å². The van der Waals surface area contributed by atoms with Gasteiger partial charge in [-0.1, -0.05) is 25.1 Å². The highest BCUT2D eigenvalue weighted by atomic mass is 16.7. The van der Waals surface area contributed by atoms with E-state index in [2.05, 4.69) is 10.4 Å². The van der Waals surface area contributed by atoms with Crippen molar-refractivity contribution in [2.45, 2.75) is 33.2 Å². The first-order valence-electron chi connectivity index (χ1n) is 10.8. The highest BCUT2D eigenvalue weighted by Crippen LogP contribution is 2.35. The average Bonchev–Trinajstić information content (AvgIpc) is 3.38. The summed E-state index contributed by atoms with van der Waals surface area (Å²) in [5, 5.41) is 8.68. The van der Waals surface area contributed by atoms with E-state index in [1.54, 1.807) is 24.4 Å². The van der Waals surface area contributed by atoms with Gasteiger partial charge in [0.25, 0.3) is 5.56 Å². The van der Waals surface area contributed by atoms with Gasteiger partial charge in [-0.05, 0) is 44.5 Å². The number of ether oxygens (including phenoxy) is 2. The maximum atomic E-state index is 13.4. The number of carbonyl (C=O) groups excluding carboxylic acids is 1. The fourth-order valence-electron chi connectivity index (χ4n) is 4.49. The minimum Gasteiger partial charge on any atom is -0.454 e. The van der Waals surface area contributed by atoms with Gasteiger partial charge in [-0.2, -0.15) is 9.78 Å². The third kappa shape index (κ3) is 3.44. The molecule has 0 aliphatic carbocycles. The third-order valence-corrected chi connectivity index (χ3v) is 6.09. The summed E-state index contributed by atoms with van der Waals surface area (Å²) in [4.78, 5) is 26.7. The number of aryl methyl sites for hydroxylation is 2. The summed E-state index contributed by atoms with van der Waals surface area (Å²) < 4.78 is 14.1. The zero-order valence-electron chi connectivity index (χ0n) is 18.7. The van der Waals surface area contributed by atoms with Crippen molar-refractivity contribution in [1.82, 2.24) is 14.3 Å². The van der Waals surface area contributed by atoms with Crippen LogP contribution < -0.4 is 20.3 Å². The van der Waals surface area contributed by atoms with Crippen LogP contribution in [0.1, 0.15) is 30.8 Å². The number of aromatic nitrogens is 3. The Bertz CT molecular complexity index is 1420. The Morgan fingerprint density at radius 2 is 1.85 bits per heavy atom. The Morgan fingerprint density at radius 1 is 1.09 bits per heavy atom. The predicted molar refractivity (Wildman–Crippen MR) is 125 cm³/mol. The number of nitrogens with zero attached hydrogens (tertiary/aromatic N) is 3. The highest BCUT2D eigenvalue weighted by Gasteiger charge is 2.26. The van der Waals surface area contributed by atoms with E-state index >= 15 is 0 Å². The Hall–Kier alpha value is -4.07. The van der Waals surface area contributed by atoms with Crippen LogP contribution in [0.15, 0.2) is 59.5 Å². The van der Waals surface area contributed by atoms with Crippen LogP contribution in [-0.4, -0.2) is 27.0 Å². The molecule has 0 bridgehead atoms. The van der Waals surface area contributed by atoms with Crippen molar-refractivity contribution in [3.8, 4) is 17.2 Å². The smallest absolute Gasteiger partial charge is 0.281 e. The molecule has 8 heteroatoms. The molecule has 0 saturated heterocycles. The van der Waals surface area contributed by atoms with Crippen LogP contribution in [0.4, 0.5) is 5.69 Å². The van der Waals surface area contributed by atoms with E-state index in [1.165, 1.54) is 4.68 Å². The largest absolute Gasteiger partial charge is 0.454 e. The SMILES string of the molecule is CC[C@@H](C(=O)Nc1ccc2c(c1)OCO2)n1c(C)c2cnn(-c3ccccc3)c(=O)c2c1C. The third-order valence-electron chi connectivity index (χ3n) is 6.09. The van der Waals surface area contributed by atoms with E-state index in [-0.39, 0.29) is 18.3 Å². The number of rotatable bonds is 5. The number of fused-ring (bicyclic) bond motifs is 2. The number of hydrogen-bond acceptors (Lipinski definition) is 5. The fourth-order valence-corrected chi connectivity index (χ4v) is 4.49. The van der Waals surface area contributed by atoms with Crippen LogP contribution in [-0.2, 0) is 4.79 Å². The summed E-state index contributed by atoms with van der Waals surface area (Å²) in [6, 6.07) is 14.1. The number of anilines is 1. The van der Waals surface area contributed by atoms with Gasteiger partial charge >= 0.3 is 0 Å². The summed E-state index contributed by atoms with van der Waals surface area (Å²) in [5.41, 5.74) is 2.70. The van der Waals surface area contributed by atoms with Crippen molar-refractivity contribution in [2.24, 2.45) is 0 Å². The molecule has 3 heterocycles. The van der Waals surface area contributed by atoms with Crippen molar-refractivity contribution in [3.63, 3.8) is 0 Å². The van der Waals surface area contributed by atoms with Crippen LogP contribution in [0.3, 0.4) is 0 Å². The molecule has 0 spiro atoms. The molecule has 2 aromatic carbocycles. The number of amides is 1. The van der Waals surface area contributed by atoms with Crippen molar-refractivity contribution < 1.29 is 14.3 Å². The van der Waals surface area contributed by atoms with E-state index in [0.717, 1.165) is 16.8 Å². The van der Waals surface area contributed by atoms with Crippen LogP contribution in [0, 0.1) is 13.8 Å². The molecule has 8 nitrogen and oxygen atoms in total. The van der Waals surface area contributed by atoms with E-state index in [9.17, 15) is 9.59 Å². The molecular weight excluding hydrogens is 420 g/mol. The number of hydrogen-bond donors (Lipinski definition) is 1. The molecule has 1 N–H and O–H groups in total. The second kappa shape index (κ2) is 8.12. The van der Waals surface area contributed by atoms with Crippen molar-refractivity contribution in [3.05, 3.63) is 76.5 Å². The van der Waals surface area contributed by atoms with Gasteiger partial charge in [0, 0.05) is 28.5 Å². The van der Waals surface area contributed by atoms with Crippen LogP contribution in [0.5, 0.6) is 11.5 Å². The Balaban J connectivity index is 1.54. The molecular formula is C25H24N4O4. The average molecular weight is 444 g/mol. The molecule has 2 aromatic heterocycles. The van der Waals surface area contributed by atoms with E-state index in [4.69, 9.17) is 9.47 Å². The van der Waals surface area contributed by atoms with Crippen molar-refractivity contribution >= 4 is 22.4 Å². The van der Waals surface area contributed by atoms with E-state index in [1.807, 2.05) is 55.7 Å². The monoisotopic (exact) mass is 444 g/mol. The van der Waals surface area contributed by atoms with E-state index < -0.39 is 6.04 Å². The van der Waals surface area contributed by atoms with Crippen LogP contribution in [0.25, 0.3) is 16.5 Å². The molecule has 168 valence electrons. The second-order valence-corrected chi connectivity index (χ2v) is 8.01. The summed E-state index contributed by atoms with van der Waals surface area (Å²) in [7, 11) is 0. The molecule has 33 heavy (non-hydrogen) atoms. The van der Waals surface area contributed by atoms with Gasteiger partial charge in [0.05, 0.1) is 17.3 Å². The Kier molecular flexibility index (Phi) is 5.12. The molecule has 0 unspecified atom stereocenters. The lowest BCUT2D eigenvalue weighted by molar-refractivity contribution is -0.119. The maximum absolute atomic E-state index is 13.4. The molecule has 1 atom stereocenters. The number of nitrogens with one attached hydrogen (secondary N) is 1. The lowest BCUT2D eigenvalue weighted by Gasteiger charge is -2.21. The van der Waals surface area contributed by atoms with Gasteiger partial charge in [0.1, 0.15) is 6.04 Å². The minimum absolute atomic E-state index is 0.167. The zero-order chi connectivity index (χ0) is 23.1. The van der Waals surface area contributed by atoms with Gasteiger partial charge in [0.15, 0.2) is 11.5 Å². The highest BCUT2D eigenvalue weighted by molar-refractivity contribution is 5.95. The predicted octanol–water partition coefficient (Wildman–Crippen LogP) is 4.12. The molecule has 1 amide bonds. The minimum atomic E-state index is -0.493. The van der Waals surface area contributed by atoms with Crippen LogP contribution >= 0.6 is 0 Å². The normalized spacial score (nSPS) is 13.3. The molecule has 5 rings (SSSR count). The quantitative estimate of drug-likeness (QED) is 0.500. The van der Waals surface area contributed by atoms with Gasteiger partial charge < -0.3 is 19.4 Å². The molecule has 1 aliphatic rings. The maximum Gasteiger partial charge on any atom is 0.281 e. The standard InChI is InChI=1S/C25H24N4O4/c1-4-20(24(30)27-17-10-11-21-22(12-17)33-14-32-21)28-15(2)19-13-26-29(18-8-6-5-7-9-18)25(31)23(19)16(28)3/h5-13,20H,4,14H2,1-3H3,(H,27,30)/t20-/m0/s1. The molecule has 0 fully saturated rings. The molecule has 0 radical (unpaired) electrons.